The predicted molar refractivity (Wildman–Crippen MR) is 145 cm³/mol. The van der Waals surface area contributed by atoms with Crippen molar-refractivity contribution >= 4 is 58.5 Å². The van der Waals surface area contributed by atoms with Crippen molar-refractivity contribution in [1.82, 2.24) is 5.32 Å². The van der Waals surface area contributed by atoms with Gasteiger partial charge in [-0.2, -0.15) is 0 Å². The molecule has 3 N–H and O–H groups in total. The largest absolute Gasteiger partial charge is 0.478 e. The zero-order chi connectivity index (χ0) is 27.7. The molecule has 11 heteroatoms. The molecule has 38 heavy (non-hydrogen) atoms. The summed E-state index contributed by atoms with van der Waals surface area (Å²) in [6.45, 7) is -0.0282. The number of anilines is 2. The molecule has 1 atom stereocenters. The van der Waals surface area contributed by atoms with Crippen LogP contribution in [0.1, 0.15) is 28.8 Å². The van der Waals surface area contributed by atoms with Crippen molar-refractivity contribution in [2.75, 3.05) is 17.3 Å². The molecule has 0 aliphatic carbocycles. The Morgan fingerprint density at radius 3 is 2.26 bits per heavy atom. The molecule has 0 aliphatic rings. The van der Waals surface area contributed by atoms with Gasteiger partial charge in [0.1, 0.15) is 12.6 Å². The second kappa shape index (κ2) is 13.5. The fourth-order valence-electron chi connectivity index (χ4n) is 3.44. The van der Waals surface area contributed by atoms with E-state index < -0.39 is 24.0 Å². The van der Waals surface area contributed by atoms with Crippen LogP contribution in [0.3, 0.4) is 0 Å². The van der Waals surface area contributed by atoms with Crippen molar-refractivity contribution in [3.8, 4) is 0 Å². The Bertz CT molecular complexity index is 1300. The summed E-state index contributed by atoms with van der Waals surface area (Å²) in [6, 6.07) is 18.4. The zero-order valence-corrected chi connectivity index (χ0v) is 21.8. The summed E-state index contributed by atoms with van der Waals surface area (Å²) in [5, 5.41) is 15.1. The average Bonchev–Trinajstić information content (AvgIpc) is 2.91. The van der Waals surface area contributed by atoms with Gasteiger partial charge >= 0.3 is 12.1 Å². The molecule has 0 aromatic heterocycles. The lowest BCUT2D eigenvalue weighted by Crippen LogP contribution is -2.45. The van der Waals surface area contributed by atoms with Crippen molar-refractivity contribution in [3.05, 3.63) is 94.0 Å². The fourth-order valence-corrected chi connectivity index (χ4v) is 3.74. The molecule has 3 amide bonds. The van der Waals surface area contributed by atoms with Gasteiger partial charge in [-0.1, -0.05) is 53.5 Å². The van der Waals surface area contributed by atoms with E-state index in [1.807, 2.05) is 6.07 Å². The van der Waals surface area contributed by atoms with E-state index in [1.165, 1.54) is 23.1 Å². The van der Waals surface area contributed by atoms with E-state index in [2.05, 4.69) is 10.6 Å². The Kier molecular flexibility index (Phi) is 10.1. The molecule has 198 valence electrons. The maximum Gasteiger partial charge on any atom is 0.408 e. The highest BCUT2D eigenvalue weighted by Gasteiger charge is 2.25. The molecule has 3 aromatic rings. The number of halogens is 2. The predicted octanol–water partition coefficient (Wildman–Crippen LogP) is 5.37. The Labute approximate surface area is 229 Å². The number of rotatable bonds is 10. The summed E-state index contributed by atoms with van der Waals surface area (Å²) in [4.78, 5) is 51.5. The minimum atomic E-state index is -1.30. The lowest BCUT2D eigenvalue weighted by molar-refractivity contribution is -0.120. The first-order valence-electron chi connectivity index (χ1n) is 11.5. The van der Waals surface area contributed by atoms with E-state index in [0.29, 0.717) is 10.7 Å². The average molecular weight is 558 g/mol. The van der Waals surface area contributed by atoms with E-state index in [9.17, 15) is 24.3 Å². The number of carboxylic acid groups (broad SMARTS) is 1. The van der Waals surface area contributed by atoms with Crippen LogP contribution in [0.15, 0.2) is 72.8 Å². The van der Waals surface area contributed by atoms with E-state index >= 15 is 0 Å². The molecule has 0 saturated heterocycles. The van der Waals surface area contributed by atoms with E-state index in [1.54, 1.807) is 55.6 Å². The summed E-state index contributed by atoms with van der Waals surface area (Å²) in [6.07, 6.45) is -1.07. The van der Waals surface area contributed by atoms with Gasteiger partial charge in [-0.3, -0.25) is 9.59 Å². The first-order valence-corrected chi connectivity index (χ1v) is 12.2. The number of carboxylic acids is 1. The van der Waals surface area contributed by atoms with Gasteiger partial charge in [0.2, 0.25) is 11.8 Å². The van der Waals surface area contributed by atoms with Gasteiger partial charge in [0, 0.05) is 29.2 Å². The summed E-state index contributed by atoms with van der Waals surface area (Å²) in [5.74, 6) is -2.34. The van der Waals surface area contributed by atoms with Gasteiger partial charge in [-0.15, -0.1) is 0 Å². The standard InChI is InChI=1S/C27H25Cl2N3O6/c1-32(20-10-7-18(28)8-11-20)24(33)14-13-23(31-27(37)38-16-17-5-3-2-4-6-17)25(34)30-22-12-9-19(29)15-21(22)26(35)36/h2-12,15,23H,13-14,16H2,1H3,(H,30,34)(H,31,37)(H,35,36). The van der Waals surface area contributed by atoms with Gasteiger partial charge in [-0.25, -0.2) is 9.59 Å². The maximum atomic E-state index is 13.1. The fraction of sp³-hybridized carbons (Fsp3) is 0.185. The second-order valence-electron chi connectivity index (χ2n) is 8.21. The first-order chi connectivity index (χ1) is 18.1. The zero-order valence-electron chi connectivity index (χ0n) is 20.3. The van der Waals surface area contributed by atoms with Gasteiger partial charge in [0.15, 0.2) is 0 Å². The highest BCUT2D eigenvalue weighted by Crippen LogP contribution is 2.22. The summed E-state index contributed by atoms with van der Waals surface area (Å²) >= 11 is 11.8. The molecule has 0 saturated carbocycles. The molecule has 9 nitrogen and oxygen atoms in total. The molecule has 0 fully saturated rings. The van der Waals surface area contributed by atoms with Crippen molar-refractivity contribution in [1.29, 1.82) is 0 Å². The minimum Gasteiger partial charge on any atom is -0.478 e. The third kappa shape index (κ3) is 8.22. The number of alkyl carbamates (subject to hydrolysis) is 1. The van der Waals surface area contributed by atoms with E-state index in [-0.39, 0.29) is 41.6 Å². The number of carbonyl (C=O) groups excluding carboxylic acids is 3. The number of aromatic carboxylic acids is 1. The number of amides is 3. The molecule has 0 heterocycles. The van der Waals surface area contributed by atoms with Gasteiger partial charge < -0.3 is 25.4 Å². The molecular formula is C27H25Cl2N3O6. The number of benzene rings is 3. The van der Waals surface area contributed by atoms with Crippen LogP contribution in [0.25, 0.3) is 0 Å². The molecule has 1 unspecified atom stereocenters. The van der Waals surface area contributed by atoms with E-state index in [4.69, 9.17) is 27.9 Å². The molecule has 3 rings (SSSR count). The molecule has 0 spiro atoms. The molecule has 3 aromatic carbocycles. The maximum absolute atomic E-state index is 13.1. The number of carbonyl (C=O) groups is 4. The molecular weight excluding hydrogens is 533 g/mol. The van der Waals surface area contributed by atoms with Gasteiger partial charge in [-0.05, 0) is 54.4 Å². The van der Waals surface area contributed by atoms with Crippen molar-refractivity contribution < 1.29 is 29.0 Å². The van der Waals surface area contributed by atoms with Crippen molar-refractivity contribution in [3.63, 3.8) is 0 Å². The summed E-state index contributed by atoms with van der Waals surface area (Å²) in [7, 11) is 1.58. The number of nitrogens with zero attached hydrogens (tertiary/aromatic N) is 1. The van der Waals surface area contributed by atoms with Crippen molar-refractivity contribution in [2.24, 2.45) is 0 Å². The first kappa shape index (κ1) is 28.5. The van der Waals surface area contributed by atoms with Gasteiger partial charge in [0.25, 0.3) is 0 Å². The smallest absolute Gasteiger partial charge is 0.408 e. The highest BCUT2D eigenvalue weighted by molar-refractivity contribution is 6.31. The Hall–Kier alpha value is -4.08. The van der Waals surface area contributed by atoms with Crippen molar-refractivity contribution in [2.45, 2.75) is 25.5 Å². The lowest BCUT2D eigenvalue weighted by atomic mass is 10.1. The van der Waals surface area contributed by atoms with Crippen LogP contribution in [0.2, 0.25) is 10.0 Å². The minimum absolute atomic E-state index is 0.0130. The van der Waals surface area contributed by atoms with Crippen LogP contribution in [0, 0.1) is 0 Å². The number of hydrogen-bond acceptors (Lipinski definition) is 5. The van der Waals surface area contributed by atoms with Crippen LogP contribution < -0.4 is 15.5 Å². The topological polar surface area (TPSA) is 125 Å². The molecule has 0 bridgehead atoms. The van der Waals surface area contributed by atoms with Crippen LogP contribution in [-0.4, -0.2) is 42.1 Å². The highest BCUT2D eigenvalue weighted by atomic mass is 35.5. The lowest BCUT2D eigenvalue weighted by Gasteiger charge is -2.21. The Morgan fingerprint density at radius 2 is 1.61 bits per heavy atom. The number of nitrogens with one attached hydrogen (secondary N) is 2. The second-order valence-corrected chi connectivity index (χ2v) is 9.08. The molecule has 0 radical (unpaired) electrons. The third-order valence-electron chi connectivity index (χ3n) is 5.53. The van der Waals surface area contributed by atoms with Crippen LogP contribution >= 0.6 is 23.2 Å². The normalized spacial score (nSPS) is 11.2. The van der Waals surface area contributed by atoms with Crippen LogP contribution in [0.5, 0.6) is 0 Å². The molecule has 0 aliphatic heterocycles. The van der Waals surface area contributed by atoms with Crippen LogP contribution in [0.4, 0.5) is 16.2 Å². The summed E-state index contributed by atoms with van der Waals surface area (Å²) in [5.41, 5.74) is 1.11. The quantitative estimate of drug-likeness (QED) is 0.307. The number of hydrogen-bond donors (Lipinski definition) is 3. The third-order valence-corrected chi connectivity index (χ3v) is 6.01. The SMILES string of the molecule is CN(C(=O)CCC(NC(=O)OCc1ccccc1)C(=O)Nc1ccc(Cl)cc1C(=O)O)c1ccc(Cl)cc1. The Morgan fingerprint density at radius 1 is 0.947 bits per heavy atom. The monoisotopic (exact) mass is 557 g/mol. The van der Waals surface area contributed by atoms with Gasteiger partial charge in [0.05, 0.1) is 11.3 Å². The van der Waals surface area contributed by atoms with Crippen LogP contribution in [-0.2, 0) is 20.9 Å². The number of ether oxygens (including phenoxy) is 1. The van der Waals surface area contributed by atoms with E-state index in [0.717, 1.165) is 5.56 Å². The summed E-state index contributed by atoms with van der Waals surface area (Å²) < 4.78 is 5.22. The Balaban J connectivity index is 1.72.